The van der Waals surface area contributed by atoms with E-state index >= 15 is 0 Å². The fourth-order valence-electron chi connectivity index (χ4n) is 2.15. The average Bonchev–Trinajstić information content (AvgIpc) is 2.13. The van der Waals surface area contributed by atoms with E-state index in [9.17, 15) is 17.2 Å². The van der Waals surface area contributed by atoms with E-state index in [0.29, 0.717) is 12.8 Å². The van der Waals surface area contributed by atoms with Crippen molar-refractivity contribution < 1.29 is 17.2 Å². The van der Waals surface area contributed by atoms with Crippen LogP contribution in [-0.2, 0) is 10.2 Å². The van der Waals surface area contributed by atoms with Gasteiger partial charge < -0.3 is 0 Å². The van der Waals surface area contributed by atoms with Gasteiger partial charge in [-0.15, -0.1) is 0 Å². The molecule has 0 aromatic heterocycles. The maximum Gasteiger partial charge on any atom is 0.277 e. The van der Waals surface area contributed by atoms with Crippen LogP contribution in [-0.4, -0.2) is 31.2 Å². The van der Waals surface area contributed by atoms with E-state index < -0.39 is 16.1 Å². The second-order valence-corrected chi connectivity index (χ2v) is 6.51. The van der Waals surface area contributed by atoms with E-state index in [0.717, 1.165) is 0 Å². The molecule has 0 amide bonds. The zero-order valence-corrected chi connectivity index (χ0v) is 11.0. The number of hydrogen-bond donors (Lipinski definition) is 1. The molecule has 0 saturated heterocycles. The Morgan fingerprint density at radius 2 is 1.82 bits per heavy atom. The maximum absolute atomic E-state index is 13.0. The lowest BCUT2D eigenvalue weighted by Gasteiger charge is -2.32. The Morgan fingerprint density at radius 1 is 1.35 bits per heavy atom. The van der Waals surface area contributed by atoms with Crippen molar-refractivity contribution in [2.45, 2.75) is 51.5 Å². The number of nitrogens with two attached hydrogens (primary N) is 1. The van der Waals surface area contributed by atoms with E-state index in [1.54, 1.807) is 13.8 Å². The first-order valence-electron chi connectivity index (χ1n) is 5.79. The molecule has 0 aliphatic heterocycles. The molecule has 2 N–H and O–H groups in total. The molecule has 1 rings (SSSR count). The largest absolute Gasteiger partial charge is 0.277 e. The molecule has 1 fully saturated rings. The predicted molar refractivity (Wildman–Crippen MR) is 61.9 cm³/mol. The Morgan fingerprint density at radius 3 is 2.18 bits per heavy atom. The van der Waals surface area contributed by atoms with E-state index in [1.807, 2.05) is 0 Å². The fourth-order valence-corrected chi connectivity index (χ4v) is 3.15. The Balaban J connectivity index is 2.59. The molecule has 102 valence electrons. The molecule has 0 aromatic rings. The molecule has 0 atom stereocenters. The van der Waals surface area contributed by atoms with Gasteiger partial charge >= 0.3 is 0 Å². The number of nitrogens with zero attached hydrogens (tertiary/aromatic N) is 1. The summed E-state index contributed by atoms with van der Waals surface area (Å²) < 4.78 is 49.7. The van der Waals surface area contributed by atoms with Crippen LogP contribution in [0.4, 0.5) is 8.78 Å². The van der Waals surface area contributed by atoms with Crippen LogP contribution in [0, 0.1) is 5.92 Å². The molecule has 0 aromatic carbocycles. The Bertz CT molecular complexity index is 347. The van der Waals surface area contributed by atoms with Gasteiger partial charge in [-0.3, -0.25) is 0 Å². The smallest absolute Gasteiger partial charge is 0.216 e. The Labute approximate surface area is 101 Å². The van der Waals surface area contributed by atoms with Gasteiger partial charge in [0.05, 0.1) is 0 Å². The van der Waals surface area contributed by atoms with E-state index in [4.69, 9.17) is 5.14 Å². The molecule has 0 spiro atoms. The molecule has 17 heavy (non-hydrogen) atoms. The van der Waals surface area contributed by atoms with Crippen LogP contribution in [0.15, 0.2) is 0 Å². The van der Waals surface area contributed by atoms with Gasteiger partial charge in [0, 0.05) is 25.4 Å². The molecule has 0 heterocycles. The van der Waals surface area contributed by atoms with Crippen molar-refractivity contribution in [1.82, 2.24) is 4.31 Å². The lowest BCUT2D eigenvalue weighted by Crippen LogP contribution is -2.45. The van der Waals surface area contributed by atoms with Crippen LogP contribution in [0.25, 0.3) is 0 Å². The second kappa shape index (κ2) is 5.16. The van der Waals surface area contributed by atoms with Gasteiger partial charge in [0.1, 0.15) is 0 Å². The van der Waals surface area contributed by atoms with Crippen molar-refractivity contribution in [3.05, 3.63) is 0 Å². The summed E-state index contributed by atoms with van der Waals surface area (Å²) >= 11 is 0. The lowest BCUT2D eigenvalue weighted by atomic mass is 9.86. The van der Waals surface area contributed by atoms with Gasteiger partial charge in [-0.25, -0.2) is 13.9 Å². The van der Waals surface area contributed by atoms with E-state index in [1.165, 1.54) is 4.31 Å². The van der Waals surface area contributed by atoms with Gasteiger partial charge in [0.25, 0.3) is 10.2 Å². The summed E-state index contributed by atoms with van der Waals surface area (Å²) in [6.45, 7) is 3.69. The van der Waals surface area contributed by atoms with Crippen molar-refractivity contribution in [3.8, 4) is 0 Å². The normalized spacial score (nSPS) is 22.3. The molecule has 0 bridgehead atoms. The predicted octanol–water partition coefficient (Wildman–Crippen LogP) is 1.73. The van der Waals surface area contributed by atoms with Gasteiger partial charge in [0.2, 0.25) is 5.92 Å². The monoisotopic (exact) mass is 270 g/mol. The fraction of sp³-hybridized carbons (Fsp3) is 1.00. The van der Waals surface area contributed by atoms with Crippen LogP contribution < -0.4 is 5.14 Å². The highest BCUT2D eigenvalue weighted by Crippen LogP contribution is 2.36. The summed E-state index contributed by atoms with van der Waals surface area (Å²) in [6.07, 6.45) is 0.389. The van der Waals surface area contributed by atoms with Crippen molar-refractivity contribution in [2.75, 3.05) is 6.54 Å². The molecule has 1 aliphatic rings. The minimum Gasteiger partial charge on any atom is -0.216 e. The van der Waals surface area contributed by atoms with Gasteiger partial charge in [-0.1, -0.05) is 0 Å². The van der Waals surface area contributed by atoms with Crippen LogP contribution >= 0.6 is 0 Å². The Kier molecular flexibility index (Phi) is 4.49. The van der Waals surface area contributed by atoms with E-state index in [-0.39, 0.29) is 31.3 Å². The highest BCUT2D eigenvalue weighted by Gasteiger charge is 2.36. The zero-order valence-electron chi connectivity index (χ0n) is 10.2. The van der Waals surface area contributed by atoms with Crippen LogP contribution in [0.5, 0.6) is 0 Å². The maximum atomic E-state index is 13.0. The molecule has 7 heteroatoms. The number of rotatable bonds is 4. The van der Waals surface area contributed by atoms with Crippen LogP contribution in [0.1, 0.15) is 39.5 Å². The summed E-state index contributed by atoms with van der Waals surface area (Å²) in [4.78, 5) is 0. The first kappa shape index (κ1) is 14.8. The summed E-state index contributed by atoms with van der Waals surface area (Å²) in [5, 5.41) is 5.10. The first-order chi connectivity index (χ1) is 7.62. The summed E-state index contributed by atoms with van der Waals surface area (Å²) in [5.74, 6) is -2.60. The van der Waals surface area contributed by atoms with Gasteiger partial charge in [-0.2, -0.15) is 12.7 Å². The minimum atomic E-state index is -3.75. The first-order valence-corrected chi connectivity index (χ1v) is 7.29. The third kappa shape index (κ3) is 4.48. The second-order valence-electron chi connectivity index (χ2n) is 5.01. The number of hydrogen-bond acceptors (Lipinski definition) is 2. The number of halogens is 2. The highest BCUT2D eigenvalue weighted by atomic mass is 32.2. The highest BCUT2D eigenvalue weighted by molar-refractivity contribution is 7.86. The average molecular weight is 270 g/mol. The SMILES string of the molecule is CC(C)N(CC1CCC(F)(F)CC1)S(N)(=O)=O. The summed E-state index contributed by atoms with van der Waals surface area (Å²) in [6, 6.07) is -0.243. The molecule has 0 unspecified atom stereocenters. The molecule has 0 radical (unpaired) electrons. The Hall–Kier alpha value is -0.270. The quantitative estimate of drug-likeness (QED) is 0.845. The molecular formula is C10H20F2N2O2S. The van der Waals surface area contributed by atoms with Crippen molar-refractivity contribution in [2.24, 2.45) is 11.1 Å². The van der Waals surface area contributed by atoms with Crippen LogP contribution in [0.3, 0.4) is 0 Å². The summed E-state index contributed by atoms with van der Waals surface area (Å²) in [5.41, 5.74) is 0. The minimum absolute atomic E-state index is 0.0182. The topological polar surface area (TPSA) is 63.4 Å². The van der Waals surface area contributed by atoms with Crippen molar-refractivity contribution >= 4 is 10.2 Å². The zero-order chi connectivity index (χ0) is 13.3. The van der Waals surface area contributed by atoms with Crippen molar-refractivity contribution in [3.63, 3.8) is 0 Å². The summed E-state index contributed by atoms with van der Waals surface area (Å²) in [7, 11) is -3.75. The third-order valence-corrected chi connectivity index (χ3v) is 4.40. The van der Waals surface area contributed by atoms with Gasteiger partial charge in [-0.05, 0) is 32.6 Å². The van der Waals surface area contributed by atoms with E-state index in [2.05, 4.69) is 0 Å². The van der Waals surface area contributed by atoms with Crippen molar-refractivity contribution in [1.29, 1.82) is 0 Å². The van der Waals surface area contributed by atoms with Crippen LogP contribution in [0.2, 0.25) is 0 Å². The third-order valence-electron chi connectivity index (χ3n) is 3.18. The molecular weight excluding hydrogens is 250 g/mol. The molecule has 4 nitrogen and oxygen atoms in total. The standard InChI is InChI=1S/C10H20F2N2O2S/c1-8(2)14(17(13,15)16)7-9-3-5-10(11,12)6-4-9/h8-9H,3-7H2,1-2H3,(H2,13,15,16). The van der Waals surface area contributed by atoms with Gasteiger partial charge in [0.15, 0.2) is 0 Å². The number of alkyl halides is 2. The lowest BCUT2D eigenvalue weighted by molar-refractivity contribution is -0.0473. The molecule has 1 aliphatic carbocycles. The molecule has 1 saturated carbocycles.